The van der Waals surface area contributed by atoms with E-state index in [0.717, 1.165) is 0 Å². The molecule has 2 N–H and O–H groups in total. The summed E-state index contributed by atoms with van der Waals surface area (Å²) in [6.07, 6.45) is 0. The third-order valence-electron chi connectivity index (χ3n) is 1.76. The molecule has 1 aliphatic rings. The molecule has 6 nitrogen and oxygen atoms in total. The average molecular weight is 194 g/mol. The summed E-state index contributed by atoms with van der Waals surface area (Å²) < 4.78 is 4.80. The van der Waals surface area contributed by atoms with Gasteiger partial charge in [0.15, 0.2) is 11.7 Å². The minimum atomic E-state index is -0.282. The molecule has 0 aliphatic carbocycles. The van der Waals surface area contributed by atoms with Crippen LogP contribution in [0.1, 0.15) is 5.76 Å². The van der Waals surface area contributed by atoms with Crippen molar-refractivity contribution in [2.75, 3.05) is 18.4 Å². The zero-order chi connectivity index (χ0) is 9.97. The second kappa shape index (κ2) is 3.49. The Bertz CT molecular complexity index is 382. The van der Waals surface area contributed by atoms with Crippen molar-refractivity contribution in [2.45, 2.75) is 6.92 Å². The molecule has 0 atom stereocenters. The molecular formula is C8H10N4O2. The van der Waals surface area contributed by atoms with Crippen LogP contribution in [0.15, 0.2) is 15.6 Å². The topological polar surface area (TPSA) is 79.5 Å². The molecule has 2 rings (SSSR count). The summed E-state index contributed by atoms with van der Waals surface area (Å²) in [6.45, 7) is 3.11. The number of aliphatic imine (C=N–C) groups is 1. The van der Waals surface area contributed by atoms with Gasteiger partial charge in [-0.3, -0.25) is 9.79 Å². The van der Waals surface area contributed by atoms with Gasteiger partial charge in [-0.2, -0.15) is 0 Å². The van der Waals surface area contributed by atoms with Crippen LogP contribution in [-0.2, 0) is 4.79 Å². The van der Waals surface area contributed by atoms with E-state index in [4.69, 9.17) is 4.52 Å². The Balaban J connectivity index is 2.01. The van der Waals surface area contributed by atoms with Gasteiger partial charge in [-0.1, -0.05) is 5.16 Å². The van der Waals surface area contributed by atoms with E-state index in [9.17, 15) is 4.79 Å². The highest BCUT2D eigenvalue weighted by Gasteiger charge is 2.15. The number of aromatic nitrogens is 1. The number of rotatable bonds is 2. The molecule has 1 aliphatic heterocycles. The van der Waals surface area contributed by atoms with Crippen molar-refractivity contribution in [3.8, 4) is 0 Å². The fraction of sp³-hybridized carbons (Fsp3) is 0.375. The predicted molar refractivity (Wildman–Crippen MR) is 50.2 cm³/mol. The second-order valence-corrected chi connectivity index (χ2v) is 2.93. The van der Waals surface area contributed by atoms with Crippen LogP contribution in [0.3, 0.4) is 0 Å². The number of nitrogens with one attached hydrogen (secondary N) is 2. The van der Waals surface area contributed by atoms with Crippen molar-refractivity contribution >= 4 is 17.6 Å². The molecule has 14 heavy (non-hydrogen) atoms. The number of carbonyl (C=O) groups is 1. The van der Waals surface area contributed by atoms with Gasteiger partial charge < -0.3 is 15.2 Å². The van der Waals surface area contributed by atoms with Crippen molar-refractivity contribution in [1.29, 1.82) is 0 Å². The fourth-order valence-corrected chi connectivity index (χ4v) is 1.15. The van der Waals surface area contributed by atoms with Crippen molar-refractivity contribution in [1.82, 2.24) is 10.5 Å². The van der Waals surface area contributed by atoms with E-state index in [1.54, 1.807) is 13.0 Å². The maximum Gasteiger partial charge on any atom is 0.291 e. The van der Waals surface area contributed by atoms with Crippen molar-refractivity contribution < 1.29 is 9.32 Å². The molecule has 74 valence electrons. The van der Waals surface area contributed by atoms with Crippen LogP contribution in [0.25, 0.3) is 0 Å². The van der Waals surface area contributed by atoms with Gasteiger partial charge in [-0.05, 0) is 6.92 Å². The Morgan fingerprint density at radius 3 is 3.14 bits per heavy atom. The van der Waals surface area contributed by atoms with E-state index in [2.05, 4.69) is 20.8 Å². The molecule has 0 bridgehead atoms. The Morgan fingerprint density at radius 1 is 1.71 bits per heavy atom. The molecule has 0 radical (unpaired) electrons. The molecule has 0 saturated heterocycles. The number of hydrogen-bond acceptors (Lipinski definition) is 5. The number of aryl methyl sites for hydroxylation is 1. The standard InChI is InChI=1S/C8H10N4O2/c1-5-4-6(12-14-5)11-8(13)7-9-2-3-10-7/h4H,2-3H2,1H3,(H,9,10)(H,11,12,13). The Kier molecular flexibility index (Phi) is 2.18. The largest absolute Gasteiger partial charge is 0.364 e. The van der Waals surface area contributed by atoms with E-state index in [0.29, 0.717) is 30.5 Å². The minimum absolute atomic E-state index is 0.282. The van der Waals surface area contributed by atoms with Crippen LogP contribution in [0.4, 0.5) is 5.82 Å². The van der Waals surface area contributed by atoms with Gasteiger partial charge in [0, 0.05) is 12.6 Å². The molecule has 0 fully saturated rings. The number of amides is 1. The molecule has 0 spiro atoms. The highest BCUT2D eigenvalue weighted by molar-refractivity contribution is 6.42. The third-order valence-corrected chi connectivity index (χ3v) is 1.76. The summed E-state index contributed by atoms with van der Waals surface area (Å²) in [5, 5.41) is 9.07. The van der Waals surface area contributed by atoms with E-state index < -0.39 is 0 Å². The fourth-order valence-electron chi connectivity index (χ4n) is 1.15. The Labute approximate surface area is 80.4 Å². The monoisotopic (exact) mass is 194 g/mol. The molecule has 1 aromatic heterocycles. The van der Waals surface area contributed by atoms with Gasteiger partial charge in [0.1, 0.15) is 5.76 Å². The maximum atomic E-state index is 11.4. The lowest BCUT2D eigenvalue weighted by Crippen LogP contribution is -2.32. The molecule has 0 saturated carbocycles. The van der Waals surface area contributed by atoms with Crippen molar-refractivity contribution in [2.24, 2.45) is 4.99 Å². The molecule has 0 unspecified atom stereocenters. The zero-order valence-corrected chi connectivity index (χ0v) is 7.70. The SMILES string of the molecule is Cc1cc(NC(=O)C2=NCCN2)no1. The van der Waals surface area contributed by atoms with E-state index in [-0.39, 0.29) is 5.91 Å². The first-order valence-electron chi connectivity index (χ1n) is 4.29. The Morgan fingerprint density at radius 2 is 2.57 bits per heavy atom. The first kappa shape index (κ1) is 8.74. The van der Waals surface area contributed by atoms with Gasteiger partial charge in [0.2, 0.25) is 0 Å². The average Bonchev–Trinajstić information content (AvgIpc) is 2.75. The summed E-state index contributed by atoms with van der Waals surface area (Å²) in [6, 6.07) is 1.65. The quantitative estimate of drug-likeness (QED) is 0.690. The molecular weight excluding hydrogens is 184 g/mol. The normalized spacial score (nSPS) is 14.8. The maximum absolute atomic E-state index is 11.4. The molecule has 2 heterocycles. The second-order valence-electron chi connectivity index (χ2n) is 2.93. The number of nitrogens with zero attached hydrogens (tertiary/aromatic N) is 2. The molecule has 1 amide bonds. The predicted octanol–water partition coefficient (Wildman–Crippen LogP) is -0.0768. The first-order valence-corrected chi connectivity index (χ1v) is 4.29. The van der Waals surface area contributed by atoms with Gasteiger partial charge in [-0.15, -0.1) is 0 Å². The number of hydrogen-bond donors (Lipinski definition) is 2. The van der Waals surface area contributed by atoms with E-state index in [1.807, 2.05) is 0 Å². The van der Waals surface area contributed by atoms with Gasteiger partial charge >= 0.3 is 0 Å². The number of amidine groups is 1. The number of carbonyl (C=O) groups excluding carboxylic acids is 1. The van der Waals surface area contributed by atoms with Crippen LogP contribution < -0.4 is 10.6 Å². The lowest BCUT2D eigenvalue weighted by atomic mass is 10.4. The van der Waals surface area contributed by atoms with Gasteiger partial charge in [0.05, 0.1) is 6.54 Å². The lowest BCUT2D eigenvalue weighted by molar-refractivity contribution is -0.110. The van der Waals surface area contributed by atoms with E-state index in [1.165, 1.54) is 0 Å². The molecule has 1 aromatic rings. The zero-order valence-electron chi connectivity index (χ0n) is 7.70. The molecule has 6 heteroatoms. The van der Waals surface area contributed by atoms with Gasteiger partial charge in [0.25, 0.3) is 5.91 Å². The minimum Gasteiger partial charge on any atom is -0.364 e. The van der Waals surface area contributed by atoms with Crippen LogP contribution in [0.5, 0.6) is 0 Å². The van der Waals surface area contributed by atoms with Crippen LogP contribution in [0.2, 0.25) is 0 Å². The highest BCUT2D eigenvalue weighted by atomic mass is 16.5. The van der Waals surface area contributed by atoms with Crippen molar-refractivity contribution in [3.63, 3.8) is 0 Å². The third kappa shape index (κ3) is 1.73. The van der Waals surface area contributed by atoms with Gasteiger partial charge in [-0.25, -0.2) is 0 Å². The summed E-state index contributed by atoms with van der Waals surface area (Å²) in [7, 11) is 0. The van der Waals surface area contributed by atoms with E-state index >= 15 is 0 Å². The smallest absolute Gasteiger partial charge is 0.291 e. The Hall–Kier alpha value is -1.85. The summed E-state index contributed by atoms with van der Waals surface area (Å²) in [5.41, 5.74) is 0. The van der Waals surface area contributed by atoms with Crippen LogP contribution in [-0.4, -0.2) is 30.0 Å². The highest BCUT2D eigenvalue weighted by Crippen LogP contribution is 2.06. The van der Waals surface area contributed by atoms with Crippen LogP contribution in [0, 0.1) is 6.92 Å². The van der Waals surface area contributed by atoms with Crippen molar-refractivity contribution in [3.05, 3.63) is 11.8 Å². The number of anilines is 1. The summed E-state index contributed by atoms with van der Waals surface area (Å²) in [4.78, 5) is 15.4. The molecule has 0 aromatic carbocycles. The first-order chi connectivity index (χ1) is 6.75. The van der Waals surface area contributed by atoms with Crippen LogP contribution >= 0.6 is 0 Å². The summed E-state index contributed by atoms with van der Waals surface area (Å²) in [5.74, 6) is 1.13. The summed E-state index contributed by atoms with van der Waals surface area (Å²) >= 11 is 0. The lowest BCUT2D eigenvalue weighted by Gasteiger charge is -2.00.